The second kappa shape index (κ2) is 23.8. The van der Waals surface area contributed by atoms with Crippen LogP contribution in [0.1, 0.15) is 146 Å². The maximum atomic E-state index is 10.9. The first kappa shape index (κ1) is 36.9. The summed E-state index contributed by atoms with van der Waals surface area (Å²) in [7, 11) is 0. The smallest absolute Gasteiger partial charge is 0.302 e. The molecule has 2 nitrogen and oxygen atoms in total. The predicted molar refractivity (Wildman–Crippen MR) is 174 cm³/mol. The summed E-state index contributed by atoms with van der Waals surface area (Å²) in [4.78, 5) is 10.9. The summed E-state index contributed by atoms with van der Waals surface area (Å²) in [6.45, 7) is 20.0. The highest BCUT2D eigenvalue weighted by Crippen LogP contribution is 2.17. The van der Waals surface area contributed by atoms with E-state index < -0.39 is 0 Å². The first-order valence-electron chi connectivity index (χ1n) is 15.5. The van der Waals surface area contributed by atoms with Crippen LogP contribution >= 0.6 is 0 Å². The molecule has 0 saturated heterocycles. The van der Waals surface area contributed by atoms with E-state index in [4.69, 9.17) is 4.74 Å². The van der Waals surface area contributed by atoms with Crippen LogP contribution in [0.5, 0.6) is 0 Å². The van der Waals surface area contributed by atoms with Gasteiger partial charge in [0.05, 0.1) is 6.61 Å². The lowest BCUT2D eigenvalue weighted by molar-refractivity contribution is -0.141. The second-order valence-corrected chi connectivity index (χ2v) is 12.0. The van der Waals surface area contributed by atoms with Gasteiger partial charge < -0.3 is 4.74 Å². The minimum absolute atomic E-state index is 0.179. The predicted octanol–water partition coefficient (Wildman–Crippen LogP) is 12.0. The van der Waals surface area contributed by atoms with Crippen molar-refractivity contribution < 1.29 is 9.53 Å². The van der Waals surface area contributed by atoms with E-state index in [1.165, 1.54) is 66.0 Å². The lowest BCUT2D eigenvalue weighted by Gasteiger charge is -2.10. The molecule has 0 radical (unpaired) electrons. The average Bonchev–Trinajstić information content (AvgIpc) is 2.83. The van der Waals surface area contributed by atoms with Gasteiger partial charge in [0.15, 0.2) is 0 Å². The Balaban J connectivity index is 4.11. The van der Waals surface area contributed by atoms with Crippen molar-refractivity contribution in [2.75, 3.05) is 6.61 Å². The molecule has 0 N–H and O–H groups in total. The van der Waals surface area contributed by atoms with Crippen LogP contribution in [0.4, 0.5) is 0 Å². The SMILES string of the molecule is CC(=O)OCCC(C)CCC=C(C)CCC=C(C)CCC=C(C)CCC=C(C)CCC=C(C)CCC=C(C)C. The lowest BCUT2D eigenvalue weighted by atomic mass is 10.00. The van der Waals surface area contributed by atoms with E-state index in [2.05, 4.69) is 91.8 Å². The summed E-state index contributed by atoms with van der Waals surface area (Å²) >= 11 is 0. The Labute approximate surface area is 243 Å². The number of carbonyl (C=O) groups excluding carboxylic acids is 1. The van der Waals surface area contributed by atoms with Crippen molar-refractivity contribution in [2.24, 2.45) is 5.92 Å². The Morgan fingerprint density at radius 2 is 0.846 bits per heavy atom. The van der Waals surface area contributed by atoms with Gasteiger partial charge in [-0.25, -0.2) is 0 Å². The Kier molecular flexibility index (Phi) is 22.5. The van der Waals surface area contributed by atoms with Crippen molar-refractivity contribution in [3.63, 3.8) is 0 Å². The Hall–Kier alpha value is -2.09. The van der Waals surface area contributed by atoms with Crippen LogP contribution < -0.4 is 0 Å². The van der Waals surface area contributed by atoms with Gasteiger partial charge in [-0.3, -0.25) is 4.79 Å². The largest absolute Gasteiger partial charge is 0.466 e. The molecule has 2 heteroatoms. The average molecular weight is 539 g/mol. The van der Waals surface area contributed by atoms with Crippen LogP contribution in [0.15, 0.2) is 69.9 Å². The minimum Gasteiger partial charge on any atom is -0.466 e. The van der Waals surface area contributed by atoms with Crippen molar-refractivity contribution in [3.05, 3.63) is 69.9 Å². The molecule has 0 aliphatic carbocycles. The third-order valence-electron chi connectivity index (χ3n) is 7.29. The van der Waals surface area contributed by atoms with E-state index >= 15 is 0 Å². The molecule has 222 valence electrons. The molecule has 0 aromatic rings. The van der Waals surface area contributed by atoms with E-state index in [1.54, 1.807) is 0 Å². The van der Waals surface area contributed by atoms with Crippen LogP contribution in [0.2, 0.25) is 0 Å². The summed E-state index contributed by atoms with van der Waals surface area (Å²) < 4.78 is 5.04. The quantitative estimate of drug-likeness (QED) is 0.107. The van der Waals surface area contributed by atoms with Crippen molar-refractivity contribution in [1.82, 2.24) is 0 Å². The molecule has 0 aromatic carbocycles. The van der Waals surface area contributed by atoms with Crippen LogP contribution in [0, 0.1) is 5.92 Å². The molecule has 1 unspecified atom stereocenters. The molecule has 0 aliphatic heterocycles. The first-order valence-corrected chi connectivity index (χ1v) is 15.5. The number of hydrogen-bond donors (Lipinski definition) is 0. The highest BCUT2D eigenvalue weighted by Gasteiger charge is 2.03. The first-order chi connectivity index (χ1) is 18.5. The van der Waals surface area contributed by atoms with Crippen LogP contribution in [-0.4, -0.2) is 12.6 Å². The molecule has 0 rings (SSSR count). The zero-order valence-electron chi connectivity index (χ0n) is 27.3. The molecule has 0 heterocycles. The maximum Gasteiger partial charge on any atom is 0.302 e. The summed E-state index contributed by atoms with van der Waals surface area (Å²) in [5, 5.41) is 0. The highest BCUT2D eigenvalue weighted by atomic mass is 16.5. The Morgan fingerprint density at radius 3 is 1.18 bits per heavy atom. The normalized spacial score (nSPS) is 14.4. The summed E-state index contributed by atoms with van der Waals surface area (Å²) in [5.41, 5.74) is 8.96. The molecular formula is C37H62O2. The fourth-order valence-electron chi connectivity index (χ4n) is 4.45. The minimum atomic E-state index is -0.179. The topological polar surface area (TPSA) is 26.3 Å². The molecule has 0 fully saturated rings. The number of esters is 1. The number of hydrogen-bond acceptors (Lipinski definition) is 2. The van der Waals surface area contributed by atoms with Gasteiger partial charge in [-0.2, -0.15) is 0 Å². The molecule has 0 bridgehead atoms. The molecule has 39 heavy (non-hydrogen) atoms. The molecule has 0 aromatic heterocycles. The van der Waals surface area contributed by atoms with Gasteiger partial charge in [-0.1, -0.05) is 76.8 Å². The van der Waals surface area contributed by atoms with Gasteiger partial charge in [0, 0.05) is 6.92 Å². The van der Waals surface area contributed by atoms with Gasteiger partial charge in [0.1, 0.15) is 0 Å². The Morgan fingerprint density at radius 1 is 0.513 bits per heavy atom. The highest BCUT2D eigenvalue weighted by molar-refractivity contribution is 5.65. The number of ether oxygens (including phenoxy) is 1. The zero-order chi connectivity index (χ0) is 29.5. The number of rotatable bonds is 21. The van der Waals surface area contributed by atoms with E-state index in [1.807, 2.05) is 0 Å². The van der Waals surface area contributed by atoms with Crippen molar-refractivity contribution >= 4 is 5.97 Å². The van der Waals surface area contributed by atoms with Crippen LogP contribution in [0.25, 0.3) is 0 Å². The molecule has 0 amide bonds. The standard InChI is InChI=1S/C37H62O2/c1-30(2)16-10-17-31(3)18-11-19-32(4)20-12-21-33(5)22-13-23-34(6)24-14-25-35(7)26-15-27-36(8)28-29-39-37(9)38/h16,18,20,22,24,26,36H,10-15,17,19,21,23,25,27-29H2,1-9H3. The molecule has 0 saturated carbocycles. The molecular weight excluding hydrogens is 476 g/mol. The van der Waals surface area contributed by atoms with E-state index in [-0.39, 0.29) is 5.97 Å². The van der Waals surface area contributed by atoms with Crippen molar-refractivity contribution in [2.45, 2.75) is 146 Å². The van der Waals surface area contributed by atoms with Gasteiger partial charge in [-0.15, -0.1) is 0 Å². The third-order valence-corrected chi connectivity index (χ3v) is 7.29. The third kappa shape index (κ3) is 25.9. The van der Waals surface area contributed by atoms with Gasteiger partial charge >= 0.3 is 5.97 Å². The van der Waals surface area contributed by atoms with Gasteiger partial charge in [0.2, 0.25) is 0 Å². The van der Waals surface area contributed by atoms with Crippen LogP contribution in [-0.2, 0) is 9.53 Å². The van der Waals surface area contributed by atoms with Crippen molar-refractivity contribution in [3.8, 4) is 0 Å². The fourth-order valence-corrected chi connectivity index (χ4v) is 4.45. The lowest BCUT2D eigenvalue weighted by Crippen LogP contribution is -2.05. The second-order valence-electron chi connectivity index (χ2n) is 12.0. The van der Waals surface area contributed by atoms with Gasteiger partial charge in [0.25, 0.3) is 0 Å². The van der Waals surface area contributed by atoms with Crippen molar-refractivity contribution in [1.29, 1.82) is 0 Å². The van der Waals surface area contributed by atoms with E-state index in [0.717, 1.165) is 57.8 Å². The van der Waals surface area contributed by atoms with E-state index in [9.17, 15) is 4.79 Å². The summed E-state index contributed by atoms with van der Waals surface area (Å²) in [5.74, 6) is 0.410. The monoisotopic (exact) mass is 538 g/mol. The number of carbonyl (C=O) groups is 1. The maximum absolute atomic E-state index is 10.9. The summed E-state index contributed by atoms with van der Waals surface area (Å²) in [6.07, 6.45) is 29.3. The molecule has 0 aliphatic rings. The zero-order valence-corrected chi connectivity index (χ0v) is 27.3. The molecule has 1 atom stereocenters. The fraction of sp³-hybridized carbons (Fsp3) is 0.649. The van der Waals surface area contributed by atoms with Gasteiger partial charge in [-0.05, 0) is 138 Å². The number of allylic oxidation sites excluding steroid dienone is 12. The molecule has 0 spiro atoms. The summed E-state index contributed by atoms with van der Waals surface area (Å²) in [6, 6.07) is 0. The van der Waals surface area contributed by atoms with Crippen LogP contribution in [0.3, 0.4) is 0 Å². The Bertz CT molecular complexity index is 856. The van der Waals surface area contributed by atoms with E-state index in [0.29, 0.717) is 12.5 Å².